The normalized spacial score (nSPS) is 16.0. The van der Waals surface area contributed by atoms with Crippen LogP contribution >= 0.6 is 0 Å². The zero-order valence-corrected chi connectivity index (χ0v) is 10.2. The monoisotopic (exact) mass is 246 g/mol. The zero-order valence-electron chi connectivity index (χ0n) is 10.2. The highest BCUT2D eigenvalue weighted by atomic mass is 19.4. The lowest BCUT2D eigenvalue weighted by molar-refractivity contribution is -0.137. The Balaban J connectivity index is 3.10. The number of aliphatic hydroxyl groups is 1. The van der Waals surface area contributed by atoms with Gasteiger partial charge in [-0.3, -0.25) is 0 Å². The predicted molar refractivity (Wildman–Crippen MR) is 60.5 cm³/mol. The standard InChI is InChI=1S/C13H17F3O/c1-4-12(17,9(2)3)10-5-7-11(8-6-10)13(14,15)16/h5-9,17H,4H2,1-3H3. The van der Waals surface area contributed by atoms with Gasteiger partial charge in [-0.2, -0.15) is 13.2 Å². The van der Waals surface area contributed by atoms with E-state index in [9.17, 15) is 18.3 Å². The van der Waals surface area contributed by atoms with E-state index >= 15 is 0 Å². The topological polar surface area (TPSA) is 20.2 Å². The van der Waals surface area contributed by atoms with E-state index in [1.54, 1.807) is 0 Å². The van der Waals surface area contributed by atoms with Gasteiger partial charge in [0.05, 0.1) is 11.2 Å². The lowest BCUT2D eigenvalue weighted by atomic mass is 9.81. The summed E-state index contributed by atoms with van der Waals surface area (Å²) in [6, 6.07) is 4.73. The van der Waals surface area contributed by atoms with Crippen molar-refractivity contribution < 1.29 is 18.3 Å². The van der Waals surface area contributed by atoms with Crippen LogP contribution in [0.15, 0.2) is 24.3 Å². The van der Waals surface area contributed by atoms with Crippen LogP contribution in [0.4, 0.5) is 13.2 Å². The molecule has 0 spiro atoms. The molecular formula is C13H17F3O. The molecular weight excluding hydrogens is 229 g/mol. The first-order valence-electron chi connectivity index (χ1n) is 5.62. The van der Waals surface area contributed by atoms with Crippen LogP contribution in [-0.4, -0.2) is 5.11 Å². The Kier molecular flexibility index (Phi) is 3.87. The molecule has 0 radical (unpaired) electrons. The van der Waals surface area contributed by atoms with Gasteiger partial charge in [0, 0.05) is 0 Å². The Morgan fingerprint density at radius 2 is 1.47 bits per heavy atom. The Morgan fingerprint density at radius 3 is 1.76 bits per heavy atom. The molecule has 96 valence electrons. The molecule has 1 aromatic rings. The quantitative estimate of drug-likeness (QED) is 0.855. The van der Waals surface area contributed by atoms with Gasteiger partial charge in [-0.05, 0) is 30.0 Å². The molecule has 0 heterocycles. The maximum Gasteiger partial charge on any atom is 0.416 e. The van der Waals surface area contributed by atoms with E-state index in [2.05, 4.69) is 0 Å². The van der Waals surface area contributed by atoms with Crippen molar-refractivity contribution in [3.05, 3.63) is 35.4 Å². The number of alkyl halides is 3. The second-order valence-corrected chi connectivity index (χ2v) is 4.51. The first kappa shape index (κ1) is 14.0. The van der Waals surface area contributed by atoms with Gasteiger partial charge in [-0.1, -0.05) is 32.9 Å². The van der Waals surface area contributed by atoms with E-state index in [0.717, 1.165) is 12.1 Å². The average molecular weight is 246 g/mol. The summed E-state index contributed by atoms with van der Waals surface area (Å²) in [5.41, 5.74) is -1.23. The fourth-order valence-electron chi connectivity index (χ4n) is 1.89. The zero-order chi connectivity index (χ0) is 13.3. The number of rotatable bonds is 3. The third-order valence-electron chi connectivity index (χ3n) is 3.21. The largest absolute Gasteiger partial charge is 0.416 e. The van der Waals surface area contributed by atoms with Crippen molar-refractivity contribution in [2.45, 2.75) is 39.0 Å². The molecule has 0 bridgehead atoms. The van der Waals surface area contributed by atoms with Crippen LogP contribution in [0.5, 0.6) is 0 Å². The molecule has 1 N–H and O–H groups in total. The summed E-state index contributed by atoms with van der Waals surface area (Å²) in [6.45, 7) is 5.51. The van der Waals surface area contributed by atoms with Crippen LogP contribution in [-0.2, 0) is 11.8 Å². The number of hydrogen-bond acceptors (Lipinski definition) is 1. The van der Waals surface area contributed by atoms with Gasteiger partial charge in [0.1, 0.15) is 0 Å². The molecule has 0 aromatic heterocycles. The maximum absolute atomic E-state index is 12.4. The van der Waals surface area contributed by atoms with Gasteiger partial charge < -0.3 is 5.11 Å². The van der Waals surface area contributed by atoms with Gasteiger partial charge in [-0.25, -0.2) is 0 Å². The van der Waals surface area contributed by atoms with Crippen molar-refractivity contribution in [1.82, 2.24) is 0 Å². The second-order valence-electron chi connectivity index (χ2n) is 4.51. The van der Waals surface area contributed by atoms with Gasteiger partial charge in [0.2, 0.25) is 0 Å². The molecule has 0 fully saturated rings. The molecule has 17 heavy (non-hydrogen) atoms. The molecule has 4 heteroatoms. The lowest BCUT2D eigenvalue weighted by Crippen LogP contribution is -2.31. The molecule has 0 aliphatic carbocycles. The third kappa shape index (κ3) is 2.80. The highest BCUT2D eigenvalue weighted by Gasteiger charge is 2.33. The van der Waals surface area contributed by atoms with E-state index in [4.69, 9.17) is 0 Å². The summed E-state index contributed by atoms with van der Waals surface area (Å²) in [5.74, 6) is -0.0516. The first-order valence-corrected chi connectivity index (χ1v) is 5.62. The first-order chi connectivity index (χ1) is 7.71. The maximum atomic E-state index is 12.4. The van der Waals surface area contributed by atoms with E-state index in [1.807, 2.05) is 20.8 Å². The van der Waals surface area contributed by atoms with E-state index in [1.165, 1.54) is 12.1 Å². The van der Waals surface area contributed by atoms with E-state index < -0.39 is 17.3 Å². The molecule has 1 aromatic carbocycles. The van der Waals surface area contributed by atoms with Crippen molar-refractivity contribution in [3.63, 3.8) is 0 Å². The molecule has 0 amide bonds. The molecule has 1 rings (SSSR count). The minimum atomic E-state index is -4.33. The second kappa shape index (κ2) is 4.69. The van der Waals surface area contributed by atoms with Gasteiger partial charge in [0.25, 0.3) is 0 Å². The number of hydrogen-bond donors (Lipinski definition) is 1. The Labute approximate surface area is 99.3 Å². The van der Waals surface area contributed by atoms with Crippen LogP contribution < -0.4 is 0 Å². The fourth-order valence-corrected chi connectivity index (χ4v) is 1.89. The van der Waals surface area contributed by atoms with Crippen molar-refractivity contribution in [2.75, 3.05) is 0 Å². The van der Waals surface area contributed by atoms with Gasteiger partial charge in [-0.15, -0.1) is 0 Å². The van der Waals surface area contributed by atoms with Crippen molar-refractivity contribution in [2.24, 2.45) is 5.92 Å². The third-order valence-corrected chi connectivity index (χ3v) is 3.21. The van der Waals surface area contributed by atoms with E-state index in [-0.39, 0.29) is 5.92 Å². The predicted octanol–water partition coefficient (Wildman–Crippen LogP) is 3.96. The summed E-state index contributed by atoms with van der Waals surface area (Å²) in [6.07, 6.45) is -3.86. The molecule has 1 unspecified atom stereocenters. The summed E-state index contributed by atoms with van der Waals surface area (Å²) in [7, 11) is 0. The highest BCUT2D eigenvalue weighted by molar-refractivity contribution is 5.29. The molecule has 0 saturated carbocycles. The molecule has 1 nitrogen and oxygen atoms in total. The summed E-state index contributed by atoms with van der Waals surface area (Å²) in [4.78, 5) is 0. The Hall–Kier alpha value is -1.03. The van der Waals surface area contributed by atoms with Gasteiger partial charge >= 0.3 is 6.18 Å². The smallest absolute Gasteiger partial charge is 0.385 e. The summed E-state index contributed by atoms with van der Waals surface area (Å²) >= 11 is 0. The molecule has 1 atom stereocenters. The van der Waals surface area contributed by atoms with Crippen LogP contribution in [0.3, 0.4) is 0 Å². The number of halogens is 3. The van der Waals surface area contributed by atoms with Crippen molar-refractivity contribution in [3.8, 4) is 0 Å². The fraction of sp³-hybridized carbons (Fsp3) is 0.538. The number of benzene rings is 1. The molecule has 0 saturated heterocycles. The van der Waals surface area contributed by atoms with Crippen LogP contribution in [0.25, 0.3) is 0 Å². The molecule has 0 aliphatic heterocycles. The Bertz CT molecular complexity index is 367. The Morgan fingerprint density at radius 1 is 1.06 bits per heavy atom. The molecule has 0 aliphatic rings. The highest BCUT2D eigenvalue weighted by Crippen LogP contribution is 2.35. The summed E-state index contributed by atoms with van der Waals surface area (Å²) < 4.78 is 37.2. The minimum Gasteiger partial charge on any atom is -0.385 e. The van der Waals surface area contributed by atoms with Gasteiger partial charge in [0.15, 0.2) is 0 Å². The van der Waals surface area contributed by atoms with Crippen LogP contribution in [0, 0.1) is 5.92 Å². The van der Waals surface area contributed by atoms with Crippen molar-refractivity contribution >= 4 is 0 Å². The minimum absolute atomic E-state index is 0.0516. The van der Waals surface area contributed by atoms with Crippen molar-refractivity contribution in [1.29, 1.82) is 0 Å². The SMILES string of the molecule is CCC(O)(c1ccc(C(F)(F)F)cc1)C(C)C. The summed E-state index contributed by atoms with van der Waals surface area (Å²) in [5, 5.41) is 10.4. The van der Waals surface area contributed by atoms with Crippen LogP contribution in [0.1, 0.15) is 38.3 Å². The average Bonchev–Trinajstić information content (AvgIpc) is 2.26. The lowest BCUT2D eigenvalue weighted by Gasteiger charge is -2.31. The van der Waals surface area contributed by atoms with E-state index in [0.29, 0.717) is 12.0 Å². The van der Waals surface area contributed by atoms with Crippen LogP contribution in [0.2, 0.25) is 0 Å².